The fourth-order valence-electron chi connectivity index (χ4n) is 6.05. The van der Waals surface area contributed by atoms with Crippen molar-refractivity contribution < 1.29 is 37.0 Å². The average Bonchev–Trinajstić information content (AvgIpc) is 3.08. The van der Waals surface area contributed by atoms with Gasteiger partial charge in [-0.15, -0.1) is 0 Å². The fourth-order valence-corrected chi connectivity index (χ4v) is 6.92. The van der Waals surface area contributed by atoms with E-state index in [0.29, 0.717) is 37.8 Å². The van der Waals surface area contributed by atoms with E-state index < -0.39 is 27.3 Å². The van der Waals surface area contributed by atoms with Crippen LogP contribution in [0.2, 0.25) is 0 Å². The molecule has 9 nitrogen and oxygen atoms in total. The molecule has 38 heavy (non-hydrogen) atoms. The van der Waals surface area contributed by atoms with Gasteiger partial charge in [0, 0.05) is 47.1 Å². The molecule has 1 aliphatic carbocycles. The molecule has 0 amide bonds. The van der Waals surface area contributed by atoms with Crippen molar-refractivity contribution in [3.63, 3.8) is 0 Å². The summed E-state index contributed by atoms with van der Waals surface area (Å²) in [4.78, 5) is 25.0. The van der Waals surface area contributed by atoms with Crippen molar-refractivity contribution in [2.75, 3.05) is 13.7 Å². The number of ether oxygens (including phenoxy) is 1. The largest absolute Gasteiger partial charge is 0.748 e. The number of methoxy groups -OCH3 is 1. The lowest BCUT2D eigenvalue weighted by atomic mass is 9.71. The minimum atomic E-state index is -4.35. The summed E-state index contributed by atoms with van der Waals surface area (Å²) >= 11 is 0. The molecule has 1 aliphatic heterocycles. The molecule has 10 heteroatoms. The number of hydrogen-bond donors (Lipinski definition) is 0. The summed E-state index contributed by atoms with van der Waals surface area (Å²) in [6.07, 6.45) is 11.3. The van der Waals surface area contributed by atoms with Crippen LogP contribution in [0.15, 0.2) is 36.2 Å². The van der Waals surface area contributed by atoms with Gasteiger partial charge in [-0.25, -0.2) is 13.2 Å². The van der Waals surface area contributed by atoms with Crippen LogP contribution in [0.5, 0.6) is 0 Å². The molecule has 2 heterocycles. The lowest BCUT2D eigenvalue weighted by Crippen LogP contribution is -2.41. The summed E-state index contributed by atoms with van der Waals surface area (Å²) < 4.78 is 42.3. The SMILES string of the molecule is CC[n+]1cc(C(=O)OC)ccc1/C=C/C=C1/N(CCCCCC(=O)[O-])C2CCC(S(=O)(=O)[O-])CC2C1(C)C. The molecule has 1 aromatic rings. The summed E-state index contributed by atoms with van der Waals surface area (Å²) in [6.45, 7) is 7.61. The Bertz CT molecular complexity index is 1190. The third kappa shape index (κ3) is 6.83. The molecular weight excluding hydrogens is 508 g/mol. The Kier molecular flexibility index (Phi) is 9.75. The zero-order chi connectivity index (χ0) is 28.1. The Hall–Kier alpha value is -2.72. The average molecular weight is 548 g/mol. The standard InChI is InChI=1S/C28H40N2O7S/c1-5-29-19-20(27(33)37-4)13-14-21(29)10-9-11-25-28(2,3)23-18-22(38(34,35)36)15-16-24(23)30(25)17-8-6-7-12-26(31)32/h9-11,13-14,19,22-24H,5-8,12,15-18H2,1-4H3,(H-,31,32,34,35,36)/p-1. The highest BCUT2D eigenvalue weighted by atomic mass is 32.2. The normalized spacial score (nSPS) is 24.1. The van der Waals surface area contributed by atoms with Crippen molar-refractivity contribution in [2.24, 2.45) is 11.3 Å². The van der Waals surface area contributed by atoms with E-state index in [1.54, 1.807) is 12.3 Å². The first-order valence-corrected chi connectivity index (χ1v) is 14.8. The second-order valence-corrected chi connectivity index (χ2v) is 12.4. The number of fused-ring (bicyclic) bond motifs is 1. The minimum Gasteiger partial charge on any atom is -0.748 e. The molecule has 0 aromatic carbocycles. The van der Waals surface area contributed by atoms with Crippen LogP contribution in [0, 0.1) is 11.3 Å². The maximum Gasteiger partial charge on any atom is 0.343 e. The Morgan fingerprint density at radius 3 is 2.58 bits per heavy atom. The van der Waals surface area contributed by atoms with Crippen LogP contribution in [0.25, 0.3) is 6.08 Å². The van der Waals surface area contributed by atoms with Crippen molar-refractivity contribution >= 4 is 28.1 Å². The van der Waals surface area contributed by atoms with Crippen LogP contribution in [0.3, 0.4) is 0 Å². The predicted molar refractivity (Wildman–Crippen MR) is 139 cm³/mol. The van der Waals surface area contributed by atoms with E-state index in [0.717, 1.165) is 30.8 Å². The maximum atomic E-state index is 11.9. The summed E-state index contributed by atoms with van der Waals surface area (Å²) in [7, 11) is -3.00. The summed E-state index contributed by atoms with van der Waals surface area (Å²) in [6, 6.07) is 3.72. The Balaban J connectivity index is 1.88. The predicted octanol–water partition coefficient (Wildman–Crippen LogP) is 2.41. The second-order valence-electron chi connectivity index (χ2n) is 10.7. The van der Waals surface area contributed by atoms with E-state index >= 15 is 0 Å². The number of rotatable bonds is 11. The topological polar surface area (TPSA) is 131 Å². The molecule has 0 bridgehead atoms. The summed E-state index contributed by atoms with van der Waals surface area (Å²) in [5.41, 5.74) is 2.12. The van der Waals surface area contributed by atoms with E-state index in [2.05, 4.69) is 24.8 Å². The molecule has 0 spiro atoms. The first-order valence-electron chi connectivity index (χ1n) is 13.3. The number of esters is 1. The van der Waals surface area contributed by atoms with Crippen molar-refractivity contribution in [1.82, 2.24) is 4.90 Å². The number of carbonyl (C=O) groups excluding carboxylic acids is 2. The number of allylic oxidation sites excluding steroid dienone is 3. The summed E-state index contributed by atoms with van der Waals surface area (Å²) in [5, 5.41) is 9.90. The maximum absolute atomic E-state index is 11.9. The minimum absolute atomic E-state index is 0.0211. The van der Waals surface area contributed by atoms with Gasteiger partial charge >= 0.3 is 5.97 Å². The molecule has 2 fully saturated rings. The first kappa shape index (κ1) is 29.8. The molecule has 0 radical (unpaired) electrons. The van der Waals surface area contributed by atoms with Gasteiger partial charge in [0.05, 0.1) is 17.2 Å². The van der Waals surface area contributed by atoms with Crippen molar-refractivity contribution in [2.45, 2.75) is 83.6 Å². The van der Waals surface area contributed by atoms with E-state index in [4.69, 9.17) is 4.74 Å². The van der Waals surface area contributed by atoms with Crippen LogP contribution in [0.1, 0.15) is 81.8 Å². The second kappa shape index (κ2) is 12.4. The highest BCUT2D eigenvalue weighted by molar-refractivity contribution is 7.86. The van der Waals surface area contributed by atoms with E-state index in [1.165, 1.54) is 7.11 Å². The molecule has 2 aliphatic rings. The van der Waals surface area contributed by atoms with E-state index in [-0.39, 0.29) is 23.8 Å². The lowest BCUT2D eigenvalue weighted by molar-refractivity contribution is -0.695. The van der Waals surface area contributed by atoms with Crippen LogP contribution in [0.4, 0.5) is 0 Å². The van der Waals surface area contributed by atoms with E-state index in [1.807, 2.05) is 29.7 Å². The summed E-state index contributed by atoms with van der Waals surface area (Å²) in [5.74, 6) is -1.42. The number of nitrogens with zero attached hydrogens (tertiary/aromatic N) is 2. The van der Waals surface area contributed by atoms with Gasteiger partial charge in [0.15, 0.2) is 6.20 Å². The molecule has 1 saturated heterocycles. The van der Waals surface area contributed by atoms with Gasteiger partial charge in [-0.2, -0.15) is 4.57 Å². The van der Waals surface area contributed by atoms with Crippen molar-refractivity contribution in [3.05, 3.63) is 47.4 Å². The van der Waals surface area contributed by atoms with Gasteiger partial charge in [-0.05, 0) is 63.5 Å². The van der Waals surface area contributed by atoms with Crippen molar-refractivity contribution in [1.29, 1.82) is 0 Å². The smallest absolute Gasteiger partial charge is 0.343 e. The van der Waals surface area contributed by atoms with Crippen LogP contribution < -0.4 is 9.67 Å². The number of carbonyl (C=O) groups is 2. The number of aliphatic carboxylic acids is 1. The van der Waals surface area contributed by atoms with Crippen molar-refractivity contribution in [3.8, 4) is 0 Å². The quantitative estimate of drug-likeness (QED) is 0.179. The van der Waals surface area contributed by atoms with Gasteiger partial charge in [-0.1, -0.05) is 26.3 Å². The number of likely N-dealkylation sites (tertiary alicyclic amines) is 1. The number of aryl methyl sites for hydroxylation is 1. The number of hydrogen-bond acceptors (Lipinski definition) is 8. The van der Waals surface area contributed by atoms with Gasteiger partial charge in [0.25, 0.3) is 0 Å². The number of carboxylic acids is 1. The first-order chi connectivity index (χ1) is 17.9. The van der Waals surface area contributed by atoms with Crippen LogP contribution in [-0.4, -0.2) is 54.8 Å². The van der Waals surface area contributed by atoms with E-state index in [9.17, 15) is 27.7 Å². The van der Waals surface area contributed by atoms with Crippen LogP contribution >= 0.6 is 0 Å². The third-order valence-corrected chi connectivity index (χ3v) is 9.34. The van der Waals surface area contributed by atoms with Crippen LogP contribution in [-0.2, 0) is 26.2 Å². The Morgan fingerprint density at radius 1 is 1.21 bits per heavy atom. The van der Waals surface area contributed by atoms with Gasteiger partial charge in [0.2, 0.25) is 5.69 Å². The number of unbranched alkanes of at least 4 members (excludes halogenated alkanes) is 2. The highest BCUT2D eigenvalue weighted by Gasteiger charge is 2.52. The number of aromatic nitrogens is 1. The number of carboxylic acid groups (broad SMARTS) is 1. The molecule has 1 saturated carbocycles. The molecular formula is C28H39N2O7S-. The van der Waals surface area contributed by atoms with Gasteiger partial charge in [-0.3, -0.25) is 0 Å². The highest BCUT2D eigenvalue weighted by Crippen LogP contribution is 2.54. The lowest BCUT2D eigenvalue weighted by Gasteiger charge is -2.39. The Labute approximate surface area is 225 Å². The zero-order valence-electron chi connectivity index (χ0n) is 22.7. The number of pyridine rings is 1. The zero-order valence-corrected chi connectivity index (χ0v) is 23.5. The molecule has 0 N–H and O–H groups in total. The van der Waals surface area contributed by atoms with Gasteiger partial charge < -0.3 is 24.1 Å². The monoisotopic (exact) mass is 547 g/mol. The molecule has 3 rings (SSSR count). The Morgan fingerprint density at radius 2 is 1.95 bits per heavy atom. The molecule has 3 unspecified atom stereocenters. The van der Waals surface area contributed by atoms with Gasteiger partial charge in [0.1, 0.15) is 12.1 Å². The molecule has 210 valence electrons. The molecule has 1 aromatic heterocycles. The third-order valence-electron chi connectivity index (χ3n) is 8.09. The fraction of sp³-hybridized carbons (Fsp3) is 0.607. The molecule has 3 atom stereocenters.